The Morgan fingerprint density at radius 2 is 2.07 bits per heavy atom. The Bertz CT molecular complexity index is 1210. The fourth-order valence-electron chi connectivity index (χ4n) is 3.41. The van der Waals surface area contributed by atoms with Gasteiger partial charge >= 0.3 is 0 Å². The van der Waals surface area contributed by atoms with Gasteiger partial charge in [-0.1, -0.05) is 11.6 Å². The van der Waals surface area contributed by atoms with Crippen LogP contribution in [-0.2, 0) is 6.54 Å². The smallest absolute Gasteiger partial charge is 0.257 e. The van der Waals surface area contributed by atoms with Crippen LogP contribution in [0.3, 0.4) is 0 Å². The molecule has 9 nitrogen and oxygen atoms in total. The molecule has 4 aromatic heterocycles. The third kappa shape index (κ3) is 2.62. The largest absolute Gasteiger partial charge is 0.475 e. The molecule has 0 fully saturated rings. The third-order valence-electron chi connectivity index (χ3n) is 4.74. The van der Waals surface area contributed by atoms with Gasteiger partial charge in [-0.3, -0.25) is 0 Å². The Balaban J connectivity index is 1.65. The Morgan fingerprint density at radius 3 is 2.86 bits per heavy atom. The van der Waals surface area contributed by atoms with Crippen molar-refractivity contribution in [2.45, 2.75) is 33.7 Å². The van der Waals surface area contributed by atoms with Gasteiger partial charge < -0.3 is 19.0 Å². The summed E-state index contributed by atoms with van der Waals surface area (Å²) in [4.78, 5) is 13.4. The van der Waals surface area contributed by atoms with Crippen LogP contribution in [0.1, 0.15) is 23.7 Å². The van der Waals surface area contributed by atoms with Crippen molar-refractivity contribution < 1.29 is 9.15 Å². The van der Waals surface area contributed by atoms with E-state index in [0.717, 1.165) is 35.4 Å². The fourth-order valence-corrected chi connectivity index (χ4v) is 3.66. The Morgan fingerprint density at radius 1 is 1.21 bits per heavy atom. The summed E-state index contributed by atoms with van der Waals surface area (Å²) in [6.07, 6.45) is 4.39. The van der Waals surface area contributed by atoms with E-state index in [-0.39, 0.29) is 0 Å². The van der Waals surface area contributed by atoms with Gasteiger partial charge in [0.2, 0.25) is 11.8 Å². The summed E-state index contributed by atoms with van der Waals surface area (Å²) in [6.45, 7) is 6.85. The maximum Gasteiger partial charge on any atom is 0.257 e. The Kier molecular flexibility index (Phi) is 3.80. The SMILES string of the molecule is Cc1nc(C)c(-n2nc3c(c2C)Nc2ncc4c(Cl)cn(c4n2)CCCO3)o1. The predicted octanol–water partition coefficient (Wildman–Crippen LogP) is 3.71. The number of hydrogen-bond donors (Lipinski definition) is 1. The zero-order valence-electron chi connectivity index (χ0n) is 15.7. The standard InChI is InChI=1S/C18H18ClN7O2/c1-9-17(28-11(3)21-9)26-10(2)14-16(24-26)27-6-4-5-25-8-13(19)12-7-20-18(22-14)23-15(12)25/h7-8H,4-6H2,1-3H3,(H,20,22,23). The molecule has 0 aromatic carbocycles. The number of nitrogens with zero attached hydrogens (tertiary/aromatic N) is 6. The Hall–Kier alpha value is -3.07. The molecule has 2 bridgehead atoms. The first-order valence-corrected chi connectivity index (χ1v) is 9.34. The molecule has 0 aliphatic carbocycles. The van der Waals surface area contributed by atoms with Crippen molar-refractivity contribution in [3.8, 4) is 11.8 Å². The van der Waals surface area contributed by atoms with Crippen molar-refractivity contribution in [2.75, 3.05) is 11.9 Å². The fraction of sp³-hybridized carbons (Fsp3) is 0.333. The van der Waals surface area contributed by atoms with E-state index < -0.39 is 0 Å². The highest BCUT2D eigenvalue weighted by atomic mass is 35.5. The number of halogens is 1. The maximum atomic E-state index is 6.31. The molecule has 4 aromatic rings. The van der Waals surface area contributed by atoms with Gasteiger partial charge in [0.15, 0.2) is 5.89 Å². The lowest BCUT2D eigenvalue weighted by atomic mass is 10.3. The average molecular weight is 400 g/mol. The molecule has 0 unspecified atom stereocenters. The normalized spacial score (nSPS) is 13.9. The molecular formula is C18H18ClN7O2. The summed E-state index contributed by atoms with van der Waals surface area (Å²) in [5.41, 5.74) is 3.05. The molecule has 10 heteroatoms. The molecule has 0 saturated heterocycles. The van der Waals surface area contributed by atoms with Crippen LogP contribution < -0.4 is 10.1 Å². The number of anilines is 2. The molecule has 0 spiro atoms. The van der Waals surface area contributed by atoms with Gasteiger partial charge in [-0.05, 0) is 20.3 Å². The predicted molar refractivity (Wildman–Crippen MR) is 104 cm³/mol. The summed E-state index contributed by atoms with van der Waals surface area (Å²) in [7, 11) is 0. The first-order chi connectivity index (χ1) is 13.5. The van der Waals surface area contributed by atoms with Crippen LogP contribution in [0, 0.1) is 20.8 Å². The highest BCUT2D eigenvalue weighted by Gasteiger charge is 2.23. The van der Waals surface area contributed by atoms with Crippen LogP contribution in [0.15, 0.2) is 16.8 Å². The van der Waals surface area contributed by atoms with E-state index in [4.69, 9.17) is 20.8 Å². The summed E-state index contributed by atoms with van der Waals surface area (Å²) >= 11 is 6.31. The second-order valence-electron chi connectivity index (χ2n) is 6.73. The second-order valence-corrected chi connectivity index (χ2v) is 7.14. The quantitative estimate of drug-likeness (QED) is 0.521. The van der Waals surface area contributed by atoms with Crippen molar-refractivity contribution in [3.63, 3.8) is 0 Å². The van der Waals surface area contributed by atoms with Gasteiger partial charge in [-0.15, -0.1) is 5.10 Å². The topological polar surface area (TPSA) is 95.8 Å². The highest BCUT2D eigenvalue weighted by Crippen LogP contribution is 2.34. The Labute approximate surface area is 165 Å². The highest BCUT2D eigenvalue weighted by molar-refractivity contribution is 6.35. The average Bonchev–Trinajstić information content (AvgIpc) is 3.26. The first kappa shape index (κ1) is 17.1. The van der Waals surface area contributed by atoms with E-state index in [1.165, 1.54) is 0 Å². The molecule has 0 saturated carbocycles. The van der Waals surface area contributed by atoms with Gasteiger partial charge in [-0.25, -0.2) is 9.97 Å². The van der Waals surface area contributed by atoms with E-state index >= 15 is 0 Å². The number of nitrogens with one attached hydrogen (secondary N) is 1. The number of rotatable bonds is 1. The van der Waals surface area contributed by atoms with Gasteiger partial charge in [0.05, 0.1) is 22.7 Å². The van der Waals surface area contributed by atoms with Crippen LogP contribution in [-0.4, -0.2) is 35.9 Å². The number of hydrogen-bond acceptors (Lipinski definition) is 7. The molecule has 5 heterocycles. The zero-order valence-corrected chi connectivity index (χ0v) is 16.4. The van der Waals surface area contributed by atoms with E-state index in [9.17, 15) is 0 Å². The van der Waals surface area contributed by atoms with Crippen LogP contribution in [0.2, 0.25) is 5.02 Å². The minimum absolute atomic E-state index is 0.448. The number of aromatic nitrogens is 6. The second kappa shape index (κ2) is 6.23. The molecule has 1 aliphatic rings. The summed E-state index contributed by atoms with van der Waals surface area (Å²) in [5, 5.41) is 9.31. The minimum atomic E-state index is 0.448. The van der Waals surface area contributed by atoms with Crippen molar-refractivity contribution in [1.82, 2.24) is 29.3 Å². The number of ether oxygens (including phenoxy) is 1. The van der Waals surface area contributed by atoms with Gasteiger partial charge in [0.25, 0.3) is 5.88 Å². The molecule has 144 valence electrons. The lowest BCUT2D eigenvalue weighted by molar-refractivity contribution is 0.290. The lowest BCUT2D eigenvalue weighted by Crippen LogP contribution is -2.05. The van der Waals surface area contributed by atoms with E-state index in [1.54, 1.807) is 17.8 Å². The molecule has 1 aliphatic heterocycles. The van der Waals surface area contributed by atoms with Gasteiger partial charge in [0, 0.05) is 25.9 Å². The summed E-state index contributed by atoms with van der Waals surface area (Å²) in [5.74, 6) is 2.07. The van der Waals surface area contributed by atoms with Crippen molar-refractivity contribution in [3.05, 3.63) is 34.7 Å². The van der Waals surface area contributed by atoms with E-state index in [1.807, 2.05) is 24.6 Å². The molecular weight excluding hydrogens is 382 g/mol. The molecule has 28 heavy (non-hydrogen) atoms. The summed E-state index contributed by atoms with van der Waals surface area (Å²) < 4.78 is 15.4. The molecule has 5 rings (SSSR count). The number of fused-ring (bicyclic) bond motifs is 2. The lowest BCUT2D eigenvalue weighted by Gasteiger charge is -2.06. The minimum Gasteiger partial charge on any atom is -0.475 e. The van der Waals surface area contributed by atoms with Crippen LogP contribution in [0.5, 0.6) is 5.88 Å². The monoisotopic (exact) mass is 399 g/mol. The third-order valence-corrected chi connectivity index (χ3v) is 5.04. The summed E-state index contributed by atoms with van der Waals surface area (Å²) in [6, 6.07) is 0. The van der Waals surface area contributed by atoms with Crippen LogP contribution >= 0.6 is 11.6 Å². The number of oxazole rings is 1. The van der Waals surface area contributed by atoms with Crippen molar-refractivity contribution in [1.29, 1.82) is 0 Å². The van der Waals surface area contributed by atoms with E-state index in [0.29, 0.717) is 40.9 Å². The van der Waals surface area contributed by atoms with Crippen LogP contribution in [0.25, 0.3) is 16.9 Å². The van der Waals surface area contributed by atoms with Crippen LogP contribution in [0.4, 0.5) is 11.6 Å². The molecule has 1 N–H and O–H groups in total. The van der Waals surface area contributed by atoms with Gasteiger partial charge in [0.1, 0.15) is 17.0 Å². The first-order valence-electron chi connectivity index (χ1n) is 8.96. The maximum absolute atomic E-state index is 6.31. The molecule has 0 atom stereocenters. The van der Waals surface area contributed by atoms with Crippen molar-refractivity contribution in [2.24, 2.45) is 0 Å². The van der Waals surface area contributed by atoms with Crippen molar-refractivity contribution >= 4 is 34.3 Å². The van der Waals surface area contributed by atoms with E-state index in [2.05, 4.69) is 25.4 Å². The molecule has 0 radical (unpaired) electrons. The zero-order chi connectivity index (χ0) is 19.4. The molecule has 0 amide bonds. The van der Waals surface area contributed by atoms with Gasteiger partial charge in [-0.2, -0.15) is 9.67 Å². The number of aryl methyl sites for hydroxylation is 3.